The van der Waals surface area contributed by atoms with Crippen LogP contribution in [0, 0.1) is 0 Å². The van der Waals surface area contributed by atoms with Crippen molar-refractivity contribution in [3.05, 3.63) is 0 Å². The lowest BCUT2D eigenvalue weighted by Gasteiger charge is -2.25. The van der Waals surface area contributed by atoms with E-state index in [1.807, 2.05) is 0 Å². The summed E-state index contributed by atoms with van der Waals surface area (Å²) < 4.78 is 15.9. The van der Waals surface area contributed by atoms with E-state index in [4.69, 9.17) is 14.2 Å². The van der Waals surface area contributed by atoms with Crippen LogP contribution in [0.5, 0.6) is 0 Å². The van der Waals surface area contributed by atoms with Crippen molar-refractivity contribution in [2.75, 3.05) is 13.2 Å². The van der Waals surface area contributed by atoms with Crippen LogP contribution in [0.2, 0.25) is 0 Å². The fraction of sp³-hybridized carbons (Fsp3) is 0.875. The first-order valence-corrected chi connectivity index (χ1v) is 15.9. The zero-order valence-electron chi connectivity index (χ0n) is 25.9. The molecule has 1 N–H and O–H groups in total. The third kappa shape index (κ3) is 20.0. The van der Waals surface area contributed by atoms with Crippen LogP contribution >= 0.6 is 0 Å². The Kier molecular flexibility index (Phi) is 23.6. The summed E-state index contributed by atoms with van der Waals surface area (Å²) in [5, 5.41) is 11.2. The Bertz CT molecular complexity index is 692. The molecule has 0 saturated heterocycles. The quantitative estimate of drug-likeness (QED) is 0.0628. The van der Waals surface area contributed by atoms with Crippen molar-refractivity contribution in [1.82, 2.24) is 0 Å². The first-order valence-electron chi connectivity index (χ1n) is 15.9. The van der Waals surface area contributed by atoms with Crippen LogP contribution in [0.25, 0.3) is 0 Å². The van der Waals surface area contributed by atoms with Gasteiger partial charge in [0.25, 0.3) is 0 Å². The monoisotopic (exact) mass is 570 g/mol. The molecule has 0 aliphatic rings. The standard InChI is InChI=1S/C32H58O8/c1-5-8-11-14-17-20-23-38-29(34)25-32(37,31(36)39-24-21-18-15-12-9-6-2)26-30(35)40-28(27(4)33)22-19-16-13-10-7-3/h28,37H,5-26H2,1-4H3. The molecule has 0 rings (SSSR count). The second-order valence-corrected chi connectivity index (χ2v) is 11.1. The average Bonchev–Trinajstić information content (AvgIpc) is 2.90. The fourth-order valence-corrected chi connectivity index (χ4v) is 4.46. The molecule has 0 bridgehead atoms. The number of Topliss-reactive ketones (excluding diaryl/α,β-unsaturated/α-hetero) is 1. The molecule has 8 nitrogen and oxygen atoms in total. The van der Waals surface area contributed by atoms with E-state index in [-0.39, 0.29) is 19.0 Å². The maximum absolute atomic E-state index is 12.9. The Labute approximate surface area is 243 Å². The van der Waals surface area contributed by atoms with Crippen LogP contribution in [0.1, 0.15) is 156 Å². The van der Waals surface area contributed by atoms with Gasteiger partial charge in [-0.2, -0.15) is 0 Å². The third-order valence-electron chi connectivity index (χ3n) is 7.04. The maximum Gasteiger partial charge on any atom is 0.339 e. The number of rotatable bonds is 27. The normalized spacial score (nSPS) is 13.3. The highest BCUT2D eigenvalue weighted by atomic mass is 16.6. The molecule has 0 aromatic heterocycles. The largest absolute Gasteiger partial charge is 0.466 e. The smallest absolute Gasteiger partial charge is 0.339 e. The molecule has 8 heteroatoms. The van der Waals surface area contributed by atoms with Gasteiger partial charge in [0, 0.05) is 0 Å². The molecule has 0 fully saturated rings. The van der Waals surface area contributed by atoms with Crippen molar-refractivity contribution >= 4 is 23.7 Å². The number of ketones is 1. The minimum Gasteiger partial charge on any atom is -0.466 e. The molecule has 0 heterocycles. The molecule has 2 unspecified atom stereocenters. The minimum atomic E-state index is -2.42. The summed E-state index contributed by atoms with van der Waals surface area (Å²) >= 11 is 0. The van der Waals surface area contributed by atoms with E-state index in [2.05, 4.69) is 20.8 Å². The lowest BCUT2D eigenvalue weighted by atomic mass is 9.95. The van der Waals surface area contributed by atoms with Gasteiger partial charge in [-0.1, -0.05) is 111 Å². The summed E-state index contributed by atoms with van der Waals surface area (Å²) in [5.41, 5.74) is -2.42. The van der Waals surface area contributed by atoms with Gasteiger partial charge >= 0.3 is 17.9 Å². The Morgan fingerprint density at radius 1 is 0.600 bits per heavy atom. The first-order chi connectivity index (χ1) is 19.2. The lowest BCUT2D eigenvalue weighted by Crippen LogP contribution is -2.45. The number of unbranched alkanes of at least 4 members (excludes halogenated alkanes) is 14. The highest BCUT2D eigenvalue weighted by molar-refractivity contribution is 5.91. The Balaban J connectivity index is 5.04. The van der Waals surface area contributed by atoms with E-state index < -0.39 is 42.5 Å². The fourth-order valence-electron chi connectivity index (χ4n) is 4.46. The third-order valence-corrected chi connectivity index (χ3v) is 7.04. The van der Waals surface area contributed by atoms with Gasteiger partial charge in [-0.15, -0.1) is 0 Å². The molecular formula is C32H58O8. The van der Waals surface area contributed by atoms with E-state index in [9.17, 15) is 24.3 Å². The van der Waals surface area contributed by atoms with Gasteiger partial charge in [-0.05, 0) is 32.6 Å². The van der Waals surface area contributed by atoms with Crippen molar-refractivity contribution in [3.8, 4) is 0 Å². The van der Waals surface area contributed by atoms with Gasteiger partial charge in [0.1, 0.15) is 0 Å². The number of esters is 3. The number of carbonyl (C=O) groups is 4. The van der Waals surface area contributed by atoms with Gasteiger partial charge in [0.05, 0.1) is 26.1 Å². The summed E-state index contributed by atoms with van der Waals surface area (Å²) in [6.07, 6.45) is 14.9. The Morgan fingerprint density at radius 2 is 1.02 bits per heavy atom. The predicted molar refractivity (Wildman–Crippen MR) is 157 cm³/mol. The number of aliphatic hydroxyl groups is 1. The van der Waals surface area contributed by atoms with Crippen molar-refractivity contribution in [3.63, 3.8) is 0 Å². The second kappa shape index (κ2) is 24.8. The predicted octanol–water partition coefficient (Wildman–Crippen LogP) is 7.17. The van der Waals surface area contributed by atoms with Crippen molar-refractivity contribution in [2.45, 2.75) is 168 Å². The van der Waals surface area contributed by atoms with Gasteiger partial charge in [-0.3, -0.25) is 14.4 Å². The minimum absolute atomic E-state index is 0.0863. The van der Waals surface area contributed by atoms with Crippen LogP contribution in [0.15, 0.2) is 0 Å². The number of hydrogen-bond donors (Lipinski definition) is 1. The molecule has 234 valence electrons. The van der Waals surface area contributed by atoms with E-state index in [1.54, 1.807) is 0 Å². The summed E-state index contributed by atoms with van der Waals surface area (Å²) in [5.74, 6) is -3.04. The summed E-state index contributed by atoms with van der Waals surface area (Å²) in [4.78, 5) is 50.2. The van der Waals surface area contributed by atoms with Gasteiger partial charge < -0.3 is 19.3 Å². The maximum atomic E-state index is 12.9. The van der Waals surface area contributed by atoms with Crippen LogP contribution in [-0.4, -0.2) is 53.7 Å². The molecule has 0 aliphatic carbocycles. The Morgan fingerprint density at radius 3 is 1.52 bits per heavy atom. The zero-order chi connectivity index (χ0) is 30.1. The number of ether oxygens (including phenoxy) is 3. The molecule has 2 atom stereocenters. The Hall–Kier alpha value is -1.96. The van der Waals surface area contributed by atoms with E-state index >= 15 is 0 Å². The van der Waals surface area contributed by atoms with Crippen LogP contribution in [-0.2, 0) is 33.4 Å². The first kappa shape index (κ1) is 38.0. The second-order valence-electron chi connectivity index (χ2n) is 11.1. The molecular weight excluding hydrogens is 512 g/mol. The van der Waals surface area contributed by atoms with Crippen molar-refractivity contribution in [2.24, 2.45) is 0 Å². The average molecular weight is 571 g/mol. The topological polar surface area (TPSA) is 116 Å². The summed E-state index contributed by atoms with van der Waals surface area (Å²) in [7, 11) is 0. The molecule has 0 amide bonds. The highest BCUT2D eigenvalue weighted by Crippen LogP contribution is 2.22. The van der Waals surface area contributed by atoms with E-state index in [1.165, 1.54) is 13.3 Å². The van der Waals surface area contributed by atoms with Gasteiger partial charge in [0.2, 0.25) is 0 Å². The van der Waals surface area contributed by atoms with E-state index in [0.717, 1.165) is 89.9 Å². The molecule has 0 aromatic carbocycles. The number of hydrogen-bond acceptors (Lipinski definition) is 8. The molecule has 0 aromatic rings. The molecule has 40 heavy (non-hydrogen) atoms. The summed E-state index contributed by atoms with van der Waals surface area (Å²) in [6, 6.07) is 0. The molecule has 0 radical (unpaired) electrons. The molecule has 0 spiro atoms. The highest BCUT2D eigenvalue weighted by Gasteiger charge is 2.44. The van der Waals surface area contributed by atoms with Crippen LogP contribution in [0.3, 0.4) is 0 Å². The van der Waals surface area contributed by atoms with Crippen molar-refractivity contribution < 1.29 is 38.5 Å². The SMILES string of the molecule is CCCCCCCCOC(=O)CC(O)(CC(=O)OC(CCCCCCC)C(C)=O)C(=O)OCCCCCCCC. The number of carbonyl (C=O) groups excluding carboxylic acids is 4. The summed E-state index contributed by atoms with van der Waals surface area (Å²) in [6.45, 7) is 8.02. The van der Waals surface area contributed by atoms with E-state index in [0.29, 0.717) is 19.3 Å². The van der Waals surface area contributed by atoms with Gasteiger partial charge in [-0.25, -0.2) is 4.79 Å². The van der Waals surface area contributed by atoms with Crippen LogP contribution < -0.4 is 0 Å². The van der Waals surface area contributed by atoms with Gasteiger partial charge in [0.15, 0.2) is 17.5 Å². The zero-order valence-corrected chi connectivity index (χ0v) is 25.9. The van der Waals surface area contributed by atoms with Crippen LogP contribution in [0.4, 0.5) is 0 Å². The lowest BCUT2D eigenvalue weighted by molar-refractivity contribution is -0.179. The van der Waals surface area contributed by atoms with Crippen molar-refractivity contribution in [1.29, 1.82) is 0 Å². The molecule has 0 saturated carbocycles. The molecule has 0 aliphatic heterocycles.